The summed E-state index contributed by atoms with van der Waals surface area (Å²) in [6, 6.07) is 1.95. The Morgan fingerprint density at radius 3 is 3.11 bits per heavy atom. The molecule has 1 rings (SSSR count). The lowest BCUT2D eigenvalue weighted by molar-refractivity contribution is 0.187. The van der Waals surface area contributed by atoms with E-state index in [1.54, 1.807) is 7.11 Å². The third-order valence-electron chi connectivity index (χ3n) is 0.817. The topological polar surface area (TPSA) is 22.1 Å². The van der Waals surface area contributed by atoms with E-state index < -0.39 is 0 Å². The van der Waals surface area contributed by atoms with Crippen molar-refractivity contribution in [1.29, 1.82) is 0 Å². The highest BCUT2D eigenvalue weighted by Gasteiger charge is 1.95. The Morgan fingerprint density at radius 1 is 1.89 bits per heavy atom. The highest BCUT2D eigenvalue weighted by atomic mass is 79.9. The summed E-state index contributed by atoms with van der Waals surface area (Å²) in [7, 11) is 1.67. The molecule has 1 heterocycles. The van der Waals surface area contributed by atoms with Crippen LogP contribution in [0.5, 0.6) is 0 Å². The van der Waals surface area contributed by atoms with E-state index in [1.807, 2.05) is 6.07 Å². The molecular weight excluding hydrogens is 202 g/mol. The Morgan fingerprint density at radius 2 is 2.67 bits per heavy atom. The van der Waals surface area contributed by atoms with E-state index in [1.165, 1.54) is 11.5 Å². The first-order valence-electron chi connectivity index (χ1n) is 2.43. The second-order valence-corrected chi connectivity index (χ2v) is 3.25. The predicted octanol–water partition coefficient (Wildman–Crippen LogP) is 2.05. The number of methoxy groups -OCH3 is 1. The van der Waals surface area contributed by atoms with Crippen LogP contribution < -0.4 is 0 Å². The summed E-state index contributed by atoms with van der Waals surface area (Å²) in [5, 5.41) is 0. The quantitative estimate of drug-likeness (QED) is 0.741. The van der Waals surface area contributed by atoms with Crippen LogP contribution >= 0.6 is 27.5 Å². The molecule has 0 amide bonds. The minimum atomic E-state index is 0.656. The number of nitrogens with zero attached hydrogens (tertiary/aromatic N) is 1. The Balaban J connectivity index is 2.61. The van der Waals surface area contributed by atoms with Crippen molar-refractivity contribution in [2.75, 3.05) is 7.11 Å². The van der Waals surface area contributed by atoms with E-state index in [9.17, 15) is 0 Å². The van der Waals surface area contributed by atoms with Crippen LogP contribution in [0, 0.1) is 0 Å². The molecule has 1 aromatic heterocycles. The number of hydrogen-bond donors (Lipinski definition) is 0. The van der Waals surface area contributed by atoms with E-state index in [0.29, 0.717) is 6.61 Å². The maximum atomic E-state index is 4.89. The largest absolute Gasteiger partial charge is 0.379 e. The molecule has 0 atom stereocenters. The maximum absolute atomic E-state index is 4.89. The molecule has 0 aromatic carbocycles. The average Bonchev–Trinajstić information content (AvgIpc) is 2.17. The van der Waals surface area contributed by atoms with Crippen molar-refractivity contribution >= 4 is 27.5 Å². The van der Waals surface area contributed by atoms with Crippen LogP contribution in [0.15, 0.2) is 10.7 Å². The van der Waals surface area contributed by atoms with Gasteiger partial charge in [-0.25, -0.2) is 0 Å². The van der Waals surface area contributed by atoms with Crippen molar-refractivity contribution in [1.82, 2.24) is 4.37 Å². The van der Waals surface area contributed by atoms with Crippen molar-refractivity contribution in [3.8, 4) is 0 Å². The van der Waals surface area contributed by atoms with Gasteiger partial charge in [0.25, 0.3) is 0 Å². The van der Waals surface area contributed by atoms with Gasteiger partial charge in [0.2, 0.25) is 0 Å². The fourth-order valence-electron chi connectivity index (χ4n) is 0.498. The van der Waals surface area contributed by atoms with Crippen LogP contribution in [-0.2, 0) is 11.3 Å². The average molecular weight is 208 g/mol. The van der Waals surface area contributed by atoms with Crippen LogP contribution in [0.2, 0.25) is 0 Å². The highest BCUT2D eigenvalue weighted by molar-refractivity contribution is 9.10. The van der Waals surface area contributed by atoms with Gasteiger partial charge in [-0.3, -0.25) is 0 Å². The molecule has 2 nitrogen and oxygen atoms in total. The molecule has 4 heteroatoms. The smallest absolute Gasteiger partial charge is 0.120 e. The van der Waals surface area contributed by atoms with E-state index >= 15 is 0 Å². The summed E-state index contributed by atoms with van der Waals surface area (Å²) in [5.74, 6) is 0. The van der Waals surface area contributed by atoms with Gasteiger partial charge in [0.15, 0.2) is 0 Å². The van der Waals surface area contributed by atoms with Crippen molar-refractivity contribution in [2.45, 2.75) is 6.61 Å². The van der Waals surface area contributed by atoms with E-state index in [4.69, 9.17) is 4.74 Å². The van der Waals surface area contributed by atoms with E-state index in [-0.39, 0.29) is 0 Å². The molecule has 0 unspecified atom stereocenters. The zero-order valence-electron chi connectivity index (χ0n) is 4.93. The molecule has 50 valence electrons. The molecule has 1 aromatic rings. The number of aromatic nitrogens is 1. The zero-order valence-corrected chi connectivity index (χ0v) is 7.33. The Hall–Kier alpha value is 0.0700. The van der Waals surface area contributed by atoms with Crippen molar-refractivity contribution in [2.24, 2.45) is 0 Å². The molecular formula is C5H6BrNOS. The Bertz CT molecular complexity index is 189. The molecule has 0 radical (unpaired) electrons. The second kappa shape index (κ2) is 3.29. The molecule has 0 saturated carbocycles. The lowest BCUT2D eigenvalue weighted by Gasteiger charge is -1.87. The zero-order chi connectivity index (χ0) is 6.69. The summed E-state index contributed by atoms with van der Waals surface area (Å²) in [6.07, 6.45) is 0. The monoisotopic (exact) mass is 207 g/mol. The third-order valence-corrected chi connectivity index (χ3v) is 2.22. The molecule has 0 fully saturated rings. The number of halogens is 1. The fourth-order valence-corrected chi connectivity index (χ4v) is 1.74. The molecule has 0 aliphatic rings. The molecule has 0 N–H and O–H groups in total. The van der Waals surface area contributed by atoms with E-state index in [2.05, 4.69) is 20.3 Å². The molecule has 0 spiro atoms. The van der Waals surface area contributed by atoms with Gasteiger partial charge in [-0.2, -0.15) is 4.37 Å². The lowest BCUT2D eigenvalue weighted by atomic mass is 10.5. The maximum Gasteiger partial charge on any atom is 0.120 e. The van der Waals surface area contributed by atoms with Gasteiger partial charge in [-0.1, -0.05) is 0 Å². The molecule has 0 bridgehead atoms. The number of hydrogen-bond acceptors (Lipinski definition) is 3. The Kier molecular flexibility index (Phi) is 2.63. The van der Waals surface area contributed by atoms with Gasteiger partial charge < -0.3 is 4.74 Å². The van der Waals surface area contributed by atoms with Gasteiger partial charge in [0.1, 0.15) is 4.60 Å². The summed E-state index contributed by atoms with van der Waals surface area (Å²) in [6.45, 7) is 0.656. The number of ether oxygens (including phenoxy) is 1. The molecule has 9 heavy (non-hydrogen) atoms. The fraction of sp³-hybridized carbons (Fsp3) is 0.400. The van der Waals surface area contributed by atoms with Gasteiger partial charge in [-0.05, 0) is 33.5 Å². The normalized spacial score (nSPS) is 10.0. The van der Waals surface area contributed by atoms with Gasteiger partial charge in [0, 0.05) is 7.11 Å². The molecule has 0 saturated heterocycles. The summed E-state index contributed by atoms with van der Waals surface area (Å²) in [4.78, 5) is 1.14. The Labute approximate surface area is 66.1 Å². The minimum Gasteiger partial charge on any atom is -0.379 e. The van der Waals surface area contributed by atoms with Crippen LogP contribution in [0.4, 0.5) is 0 Å². The van der Waals surface area contributed by atoms with Gasteiger partial charge in [0.05, 0.1) is 11.5 Å². The first kappa shape index (κ1) is 7.18. The van der Waals surface area contributed by atoms with E-state index in [0.717, 1.165) is 9.48 Å². The standard InChI is InChI=1S/C5H6BrNOS/c1-8-3-4-2-5(6)7-9-4/h2H,3H2,1H3. The van der Waals surface area contributed by atoms with Crippen LogP contribution in [-0.4, -0.2) is 11.5 Å². The second-order valence-electron chi connectivity index (χ2n) is 1.55. The van der Waals surface area contributed by atoms with Crippen molar-refractivity contribution < 1.29 is 4.74 Å². The van der Waals surface area contributed by atoms with Crippen molar-refractivity contribution in [3.63, 3.8) is 0 Å². The SMILES string of the molecule is COCc1cc(Br)ns1. The highest BCUT2D eigenvalue weighted by Crippen LogP contribution is 2.15. The van der Waals surface area contributed by atoms with Crippen LogP contribution in [0.3, 0.4) is 0 Å². The predicted molar refractivity (Wildman–Crippen MR) is 40.5 cm³/mol. The summed E-state index contributed by atoms with van der Waals surface area (Å²) >= 11 is 4.70. The minimum absolute atomic E-state index is 0.656. The van der Waals surface area contributed by atoms with Crippen LogP contribution in [0.25, 0.3) is 0 Å². The first-order valence-corrected chi connectivity index (χ1v) is 3.99. The summed E-state index contributed by atoms with van der Waals surface area (Å²) in [5.41, 5.74) is 0. The third kappa shape index (κ3) is 2.04. The number of rotatable bonds is 2. The first-order chi connectivity index (χ1) is 4.33. The summed E-state index contributed by atoms with van der Waals surface area (Å²) < 4.78 is 9.79. The molecule has 0 aliphatic heterocycles. The lowest BCUT2D eigenvalue weighted by Crippen LogP contribution is -1.79. The van der Waals surface area contributed by atoms with Crippen LogP contribution in [0.1, 0.15) is 4.88 Å². The molecule has 0 aliphatic carbocycles. The van der Waals surface area contributed by atoms with Gasteiger partial charge >= 0.3 is 0 Å². The van der Waals surface area contributed by atoms with Gasteiger partial charge in [-0.15, -0.1) is 0 Å². The van der Waals surface area contributed by atoms with Crippen molar-refractivity contribution in [3.05, 3.63) is 15.5 Å².